The number of nitrogens with zero attached hydrogens (tertiary/aromatic N) is 2. The lowest BCUT2D eigenvalue weighted by Crippen LogP contribution is -2.39. The number of furan rings is 1. The van der Waals surface area contributed by atoms with Crippen LogP contribution in [0.3, 0.4) is 0 Å². The third-order valence-corrected chi connectivity index (χ3v) is 4.85. The van der Waals surface area contributed by atoms with Gasteiger partial charge in [-0.25, -0.2) is 9.59 Å². The number of carboxylic acid groups (broad SMARTS) is 1. The highest BCUT2D eigenvalue weighted by molar-refractivity contribution is 5.73. The number of carbonyl (C=O) groups excluding carboxylic acids is 1. The Morgan fingerprint density at radius 1 is 1.31 bits per heavy atom. The van der Waals surface area contributed by atoms with E-state index in [0.29, 0.717) is 18.4 Å². The molecule has 3 heterocycles. The zero-order valence-electron chi connectivity index (χ0n) is 16.5. The predicted molar refractivity (Wildman–Crippen MR) is 96.2 cm³/mol. The number of hydrogen-bond donors (Lipinski definition) is 2. The maximum atomic E-state index is 11.7. The van der Waals surface area contributed by atoms with Crippen LogP contribution in [-0.4, -0.2) is 79.5 Å². The summed E-state index contributed by atoms with van der Waals surface area (Å²) in [6, 6.07) is 4.01. The van der Waals surface area contributed by atoms with Crippen molar-refractivity contribution >= 4 is 12.0 Å². The van der Waals surface area contributed by atoms with Crippen LogP contribution in [0.25, 0.3) is 0 Å². The molecule has 3 rings (SSSR count). The van der Waals surface area contributed by atoms with Gasteiger partial charge in [-0.2, -0.15) is 13.2 Å². The second-order valence-corrected chi connectivity index (χ2v) is 7.39. The Bertz CT molecular complexity index is 707. The quantitative estimate of drug-likeness (QED) is 0.772. The molecule has 2 N–H and O–H groups in total. The molecule has 2 aliphatic heterocycles. The predicted octanol–water partition coefficient (Wildman–Crippen LogP) is 1.94. The number of likely N-dealkylation sites (tertiary alicyclic amines) is 1. The fourth-order valence-corrected chi connectivity index (χ4v) is 3.39. The zero-order valence-corrected chi connectivity index (χ0v) is 16.5. The van der Waals surface area contributed by atoms with Gasteiger partial charge in [-0.3, -0.25) is 4.90 Å². The number of halogens is 3. The first-order valence-corrected chi connectivity index (χ1v) is 9.12. The fourth-order valence-electron chi connectivity index (χ4n) is 3.39. The molecule has 8 nitrogen and oxygen atoms in total. The first-order valence-electron chi connectivity index (χ1n) is 9.12. The number of alkyl halides is 3. The van der Waals surface area contributed by atoms with Crippen LogP contribution in [0, 0.1) is 18.8 Å². The van der Waals surface area contributed by atoms with E-state index in [1.165, 1.54) is 0 Å². The van der Waals surface area contributed by atoms with E-state index in [4.69, 9.17) is 19.1 Å². The maximum absolute atomic E-state index is 11.7. The fraction of sp³-hybridized carbons (Fsp3) is 0.667. The molecular weight excluding hydrogens is 395 g/mol. The average molecular weight is 421 g/mol. The monoisotopic (exact) mass is 421 g/mol. The van der Waals surface area contributed by atoms with E-state index in [1.54, 1.807) is 19.0 Å². The molecule has 164 valence electrons. The van der Waals surface area contributed by atoms with Gasteiger partial charge in [-0.1, -0.05) is 0 Å². The van der Waals surface area contributed by atoms with Gasteiger partial charge >= 0.3 is 18.2 Å². The van der Waals surface area contributed by atoms with E-state index in [-0.39, 0.29) is 12.1 Å². The lowest BCUT2D eigenvalue weighted by molar-refractivity contribution is -0.192. The summed E-state index contributed by atoms with van der Waals surface area (Å²) in [7, 11) is 3.51. The lowest BCUT2D eigenvalue weighted by atomic mass is 9.93. The minimum absolute atomic E-state index is 0.0376. The number of carbonyl (C=O) groups is 2. The normalized spacial score (nSPS) is 23.9. The van der Waals surface area contributed by atoms with Gasteiger partial charge in [0.2, 0.25) is 0 Å². The zero-order chi connectivity index (χ0) is 21.8. The van der Waals surface area contributed by atoms with Crippen molar-refractivity contribution in [3.05, 3.63) is 23.7 Å². The van der Waals surface area contributed by atoms with E-state index in [1.807, 2.05) is 19.1 Å². The topological polar surface area (TPSA) is 95.3 Å². The first-order chi connectivity index (χ1) is 13.5. The minimum atomic E-state index is -5.08. The molecule has 0 bridgehead atoms. The van der Waals surface area contributed by atoms with Crippen LogP contribution < -0.4 is 5.32 Å². The van der Waals surface area contributed by atoms with Crippen LogP contribution in [0.15, 0.2) is 16.5 Å². The number of rotatable bonds is 4. The maximum Gasteiger partial charge on any atom is 0.490 e. The minimum Gasteiger partial charge on any atom is -0.475 e. The van der Waals surface area contributed by atoms with Gasteiger partial charge in [0.25, 0.3) is 0 Å². The standard InChI is InChI=1S/C16H25N3O3.C2HF3O2/c1-11-4-5-13(22-11)7-19-8-14-12(10-21-15(14)9-19)6-17-16(20)18(2)3;3-2(4,5)1(6)7/h4-5,12,14-15H,6-10H2,1-3H3,(H,17,20);(H,6,7)/t12-,14-,15-;/m1./s1. The molecule has 2 aliphatic rings. The summed E-state index contributed by atoms with van der Waals surface area (Å²) < 4.78 is 43.3. The van der Waals surface area contributed by atoms with Crippen LogP contribution in [0.1, 0.15) is 11.5 Å². The number of ether oxygens (including phenoxy) is 1. The van der Waals surface area contributed by atoms with Crippen LogP contribution in [-0.2, 0) is 16.1 Å². The third kappa shape index (κ3) is 6.64. The number of aliphatic carboxylic acids is 1. The van der Waals surface area contributed by atoms with E-state index < -0.39 is 12.1 Å². The van der Waals surface area contributed by atoms with Crippen molar-refractivity contribution in [2.45, 2.75) is 25.7 Å². The highest BCUT2D eigenvalue weighted by Crippen LogP contribution is 2.34. The van der Waals surface area contributed by atoms with E-state index in [2.05, 4.69) is 10.2 Å². The molecule has 11 heteroatoms. The largest absolute Gasteiger partial charge is 0.490 e. The van der Waals surface area contributed by atoms with Crippen LogP contribution in [0.5, 0.6) is 0 Å². The summed E-state index contributed by atoms with van der Waals surface area (Å²) >= 11 is 0. The molecule has 2 fully saturated rings. The molecule has 0 aliphatic carbocycles. The van der Waals surface area contributed by atoms with Gasteiger partial charge in [0.15, 0.2) is 0 Å². The summed E-state index contributed by atoms with van der Waals surface area (Å²) in [5.41, 5.74) is 0. The molecule has 0 aromatic carbocycles. The van der Waals surface area contributed by atoms with E-state index in [0.717, 1.165) is 37.8 Å². The van der Waals surface area contributed by atoms with Gasteiger partial charge in [0, 0.05) is 45.6 Å². The van der Waals surface area contributed by atoms with Gasteiger partial charge in [-0.05, 0) is 19.1 Å². The van der Waals surface area contributed by atoms with Crippen molar-refractivity contribution in [3.63, 3.8) is 0 Å². The van der Waals surface area contributed by atoms with Gasteiger partial charge in [-0.15, -0.1) is 0 Å². The van der Waals surface area contributed by atoms with Crippen molar-refractivity contribution in [2.75, 3.05) is 40.3 Å². The highest BCUT2D eigenvalue weighted by atomic mass is 19.4. The van der Waals surface area contributed by atoms with Crippen molar-refractivity contribution in [1.29, 1.82) is 0 Å². The second kappa shape index (κ2) is 9.49. The molecule has 29 heavy (non-hydrogen) atoms. The number of amides is 2. The summed E-state index contributed by atoms with van der Waals surface area (Å²) in [5, 5.41) is 10.1. The molecule has 3 atom stereocenters. The molecule has 2 amide bonds. The summed E-state index contributed by atoms with van der Waals surface area (Å²) in [4.78, 5) is 24.5. The number of urea groups is 1. The van der Waals surface area contributed by atoms with Crippen molar-refractivity contribution in [3.8, 4) is 0 Å². The van der Waals surface area contributed by atoms with Gasteiger partial charge in [0.05, 0.1) is 19.3 Å². The Balaban J connectivity index is 0.000000370. The number of nitrogens with one attached hydrogen (secondary N) is 1. The SMILES string of the molecule is Cc1ccc(CN2C[C@@H]3[C@H](CNC(=O)N(C)C)CO[C@@H]3C2)o1.O=C(O)C(F)(F)F. The number of hydrogen-bond acceptors (Lipinski definition) is 5. The van der Waals surface area contributed by atoms with Crippen molar-refractivity contribution in [2.24, 2.45) is 11.8 Å². The summed E-state index contributed by atoms with van der Waals surface area (Å²) in [6.45, 7) is 6.19. The number of fused-ring (bicyclic) bond motifs is 1. The Hall–Kier alpha value is -2.27. The molecule has 0 spiro atoms. The Kier molecular flexibility index (Phi) is 7.53. The molecule has 0 saturated carbocycles. The van der Waals surface area contributed by atoms with Gasteiger partial charge in [0.1, 0.15) is 11.5 Å². The van der Waals surface area contributed by atoms with Crippen LogP contribution in [0.2, 0.25) is 0 Å². The van der Waals surface area contributed by atoms with E-state index >= 15 is 0 Å². The Morgan fingerprint density at radius 3 is 2.48 bits per heavy atom. The molecule has 1 aromatic heterocycles. The van der Waals surface area contributed by atoms with Crippen molar-refractivity contribution in [1.82, 2.24) is 15.1 Å². The molecular formula is C18H26F3N3O5. The number of carboxylic acids is 1. The summed E-state index contributed by atoms with van der Waals surface area (Å²) in [5.74, 6) is 0.105. The van der Waals surface area contributed by atoms with E-state index in [9.17, 15) is 18.0 Å². The molecule has 0 radical (unpaired) electrons. The average Bonchev–Trinajstić information content (AvgIpc) is 3.29. The van der Waals surface area contributed by atoms with Crippen LogP contribution >= 0.6 is 0 Å². The molecule has 0 unspecified atom stereocenters. The van der Waals surface area contributed by atoms with Crippen LogP contribution in [0.4, 0.5) is 18.0 Å². The summed E-state index contributed by atoms with van der Waals surface area (Å²) in [6.07, 6.45) is -4.79. The smallest absolute Gasteiger partial charge is 0.475 e. The molecule has 1 aromatic rings. The Labute approximate surface area is 166 Å². The first kappa shape index (κ1) is 23.0. The highest BCUT2D eigenvalue weighted by Gasteiger charge is 2.43. The third-order valence-electron chi connectivity index (χ3n) is 4.85. The Morgan fingerprint density at radius 2 is 1.97 bits per heavy atom. The number of aryl methyl sites for hydroxylation is 1. The van der Waals surface area contributed by atoms with Crippen molar-refractivity contribution < 1.29 is 37.0 Å². The van der Waals surface area contributed by atoms with Gasteiger partial charge < -0.3 is 24.5 Å². The molecule has 2 saturated heterocycles. The lowest BCUT2D eigenvalue weighted by Gasteiger charge is -2.20. The second-order valence-electron chi connectivity index (χ2n) is 7.39.